The molecule has 120 valence electrons. The molecule has 4 atom stereocenters. The third-order valence-electron chi connectivity index (χ3n) is 3.97. The van der Waals surface area contributed by atoms with Crippen LogP contribution in [0.3, 0.4) is 0 Å². The van der Waals surface area contributed by atoms with E-state index in [1.807, 2.05) is 23.5 Å². The summed E-state index contributed by atoms with van der Waals surface area (Å²) in [5.74, 6) is 4.80. The van der Waals surface area contributed by atoms with Crippen LogP contribution in [0.5, 0.6) is 0 Å². The maximum atomic E-state index is 5.63. The molecule has 0 aromatic carbocycles. The van der Waals surface area contributed by atoms with Crippen LogP contribution < -0.4 is 5.32 Å². The zero-order chi connectivity index (χ0) is 15.4. The minimum Gasteiger partial charge on any atom is -0.339 e. The molecule has 1 fully saturated rings. The number of rotatable bonds is 6. The normalized spacial score (nSPS) is 26.0. The van der Waals surface area contributed by atoms with Crippen LogP contribution in [-0.4, -0.2) is 39.5 Å². The van der Waals surface area contributed by atoms with Crippen molar-refractivity contribution in [1.82, 2.24) is 15.5 Å². The van der Waals surface area contributed by atoms with Gasteiger partial charge in [-0.2, -0.15) is 16.7 Å². The second-order valence-electron chi connectivity index (χ2n) is 5.97. The Bertz CT molecular complexity index is 438. The number of nitrogens with one attached hydrogen (secondary N) is 1. The molecule has 4 unspecified atom stereocenters. The quantitative estimate of drug-likeness (QED) is 0.858. The molecule has 21 heavy (non-hydrogen) atoms. The van der Waals surface area contributed by atoms with Gasteiger partial charge in [0, 0.05) is 22.8 Å². The van der Waals surface area contributed by atoms with Crippen molar-refractivity contribution in [3.8, 4) is 0 Å². The highest BCUT2D eigenvalue weighted by Crippen LogP contribution is 2.41. The van der Waals surface area contributed by atoms with Gasteiger partial charge in [0.1, 0.15) is 0 Å². The Morgan fingerprint density at radius 2 is 2.00 bits per heavy atom. The lowest BCUT2D eigenvalue weighted by Crippen LogP contribution is -2.34. The fourth-order valence-electron chi connectivity index (χ4n) is 2.94. The number of hydrogen-bond donors (Lipinski definition) is 1. The largest absolute Gasteiger partial charge is 0.339 e. The first-order valence-corrected chi connectivity index (χ1v) is 9.94. The molecule has 0 spiro atoms. The molecule has 1 saturated heterocycles. The van der Waals surface area contributed by atoms with E-state index >= 15 is 0 Å². The van der Waals surface area contributed by atoms with Gasteiger partial charge in [0.15, 0.2) is 5.82 Å². The first-order valence-electron chi connectivity index (χ1n) is 7.84. The van der Waals surface area contributed by atoms with E-state index in [0.717, 1.165) is 18.3 Å². The Morgan fingerprint density at radius 3 is 2.62 bits per heavy atom. The summed E-state index contributed by atoms with van der Waals surface area (Å²) in [5, 5.41) is 8.69. The van der Waals surface area contributed by atoms with E-state index in [0.29, 0.717) is 22.5 Å². The van der Waals surface area contributed by atoms with Gasteiger partial charge in [0.05, 0.1) is 11.2 Å². The van der Waals surface area contributed by atoms with E-state index in [1.54, 1.807) is 0 Å². The number of thioether (sulfide) groups is 2. The summed E-state index contributed by atoms with van der Waals surface area (Å²) >= 11 is 3.96. The third-order valence-corrected chi connectivity index (χ3v) is 7.05. The molecule has 0 aliphatic carbocycles. The fraction of sp³-hybridized carbons (Fsp3) is 0.867. The van der Waals surface area contributed by atoms with Crippen molar-refractivity contribution in [2.45, 2.75) is 57.1 Å². The maximum absolute atomic E-state index is 5.63. The van der Waals surface area contributed by atoms with E-state index < -0.39 is 0 Å². The van der Waals surface area contributed by atoms with Crippen molar-refractivity contribution in [2.75, 3.05) is 18.1 Å². The summed E-state index contributed by atoms with van der Waals surface area (Å²) in [6, 6.07) is 0.342. The lowest BCUT2D eigenvalue weighted by atomic mass is 9.89. The Morgan fingerprint density at radius 1 is 1.29 bits per heavy atom. The Labute approximate surface area is 136 Å². The number of aromatic nitrogens is 2. The predicted molar refractivity (Wildman–Crippen MR) is 92.1 cm³/mol. The minimum absolute atomic E-state index is 0.266. The SMILES string of the molecule is CCNC(C)C(c1nc(C2SCCSC2C)no1)C(C)C. The third kappa shape index (κ3) is 4.17. The summed E-state index contributed by atoms with van der Waals surface area (Å²) in [6.45, 7) is 12.0. The van der Waals surface area contributed by atoms with Crippen LogP contribution in [-0.2, 0) is 0 Å². The van der Waals surface area contributed by atoms with Crippen molar-refractivity contribution >= 4 is 23.5 Å². The van der Waals surface area contributed by atoms with Crippen LogP contribution in [0.15, 0.2) is 4.52 Å². The number of nitrogens with zero attached hydrogens (tertiary/aromatic N) is 2. The molecule has 1 aliphatic rings. The van der Waals surface area contributed by atoms with Gasteiger partial charge >= 0.3 is 0 Å². The molecular weight excluding hydrogens is 302 g/mol. The molecule has 1 aromatic heterocycles. The first-order chi connectivity index (χ1) is 10.0. The van der Waals surface area contributed by atoms with Crippen LogP contribution in [0.1, 0.15) is 57.5 Å². The second-order valence-corrected chi connectivity index (χ2v) is 8.71. The molecule has 6 heteroatoms. The van der Waals surface area contributed by atoms with E-state index in [2.05, 4.69) is 45.1 Å². The summed E-state index contributed by atoms with van der Waals surface area (Å²) < 4.78 is 5.63. The Balaban J connectivity index is 2.16. The van der Waals surface area contributed by atoms with Gasteiger partial charge in [-0.1, -0.05) is 32.9 Å². The van der Waals surface area contributed by atoms with Crippen molar-refractivity contribution in [3.05, 3.63) is 11.7 Å². The van der Waals surface area contributed by atoms with Crippen LogP contribution in [0.4, 0.5) is 0 Å². The van der Waals surface area contributed by atoms with Gasteiger partial charge in [-0.05, 0) is 19.4 Å². The van der Waals surface area contributed by atoms with E-state index in [-0.39, 0.29) is 5.92 Å². The topological polar surface area (TPSA) is 51.0 Å². The van der Waals surface area contributed by atoms with Crippen molar-refractivity contribution < 1.29 is 4.52 Å². The van der Waals surface area contributed by atoms with Crippen LogP contribution >= 0.6 is 23.5 Å². The Hall–Kier alpha value is -0.200. The van der Waals surface area contributed by atoms with Gasteiger partial charge in [0.2, 0.25) is 5.89 Å². The molecular formula is C15H27N3OS2. The molecule has 0 saturated carbocycles. The standard InChI is InChI=1S/C15H27N3OS2/c1-6-16-10(4)12(9(2)3)15-17-14(18-19-15)13-11(5)20-7-8-21-13/h9-13,16H,6-8H2,1-5H3. The van der Waals surface area contributed by atoms with Crippen molar-refractivity contribution in [1.29, 1.82) is 0 Å². The second kappa shape index (κ2) is 7.88. The summed E-state index contributed by atoms with van der Waals surface area (Å²) in [4.78, 5) is 4.76. The van der Waals surface area contributed by atoms with Gasteiger partial charge in [0.25, 0.3) is 0 Å². The highest BCUT2D eigenvalue weighted by molar-refractivity contribution is 8.06. The van der Waals surface area contributed by atoms with E-state index in [9.17, 15) is 0 Å². The van der Waals surface area contributed by atoms with Crippen molar-refractivity contribution in [2.24, 2.45) is 5.92 Å². The van der Waals surface area contributed by atoms with Crippen LogP contribution in [0, 0.1) is 5.92 Å². The first kappa shape index (κ1) is 17.2. The fourth-order valence-corrected chi connectivity index (χ4v) is 5.62. The molecule has 0 bridgehead atoms. The lowest BCUT2D eigenvalue weighted by Gasteiger charge is -2.25. The minimum atomic E-state index is 0.266. The lowest BCUT2D eigenvalue weighted by molar-refractivity contribution is 0.280. The zero-order valence-electron chi connectivity index (χ0n) is 13.6. The molecule has 1 aliphatic heterocycles. The van der Waals surface area contributed by atoms with Crippen molar-refractivity contribution in [3.63, 3.8) is 0 Å². The average molecular weight is 330 g/mol. The summed E-state index contributed by atoms with van der Waals surface area (Å²) in [5.41, 5.74) is 0. The number of hydrogen-bond acceptors (Lipinski definition) is 6. The van der Waals surface area contributed by atoms with Gasteiger partial charge < -0.3 is 9.84 Å². The molecule has 0 amide bonds. The highest BCUT2D eigenvalue weighted by atomic mass is 32.2. The smallest absolute Gasteiger partial charge is 0.231 e. The zero-order valence-corrected chi connectivity index (χ0v) is 15.3. The highest BCUT2D eigenvalue weighted by Gasteiger charge is 2.32. The molecule has 2 rings (SSSR count). The molecule has 4 nitrogen and oxygen atoms in total. The molecule has 2 heterocycles. The summed E-state index contributed by atoms with van der Waals surface area (Å²) in [7, 11) is 0. The predicted octanol–water partition coefficient (Wildman–Crippen LogP) is 3.72. The molecule has 0 radical (unpaired) electrons. The summed E-state index contributed by atoms with van der Waals surface area (Å²) in [6.07, 6.45) is 0. The van der Waals surface area contributed by atoms with Gasteiger partial charge in [-0.15, -0.1) is 11.8 Å². The van der Waals surface area contributed by atoms with Crippen LogP contribution in [0.2, 0.25) is 0 Å². The Kier molecular flexibility index (Phi) is 6.44. The molecule has 1 aromatic rings. The average Bonchev–Trinajstić information content (AvgIpc) is 2.88. The molecule has 1 N–H and O–H groups in total. The monoisotopic (exact) mass is 329 g/mol. The van der Waals surface area contributed by atoms with Gasteiger partial charge in [-0.25, -0.2) is 0 Å². The number of likely N-dealkylation sites (N-methyl/N-ethyl adjacent to an activating group) is 1. The van der Waals surface area contributed by atoms with E-state index in [1.165, 1.54) is 11.5 Å². The van der Waals surface area contributed by atoms with E-state index in [4.69, 9.17) is 9.51 Å². The van der Waals surface area contributed by atoms with Gasteiger partial charge in [-0.3, -0.25) is 0 Å². The van der Waals surface area contributed by atoms with Crippen LogP contribution in [0.25, 0.3) is 0 Å². The maximum Gasteiger partial charge on any atom is 0.231 e.